The second-order valence-electron chi connectivity index (χ2n) is 5.74. The topological polar surface area (TPSA) is 71.2 Å². The van der Waals surface area contributed by atoms with Crippen LogP contribution < -0.4 is 10.1 Å². The second-order valence-corrected chi connectivity index (χ2v) is 5.74. The van der Waals surface area contributed by atoms with Gasteiger partial charge in [0.1, 0.15) is 23.0 Å². The van der Waals surface area contributed by atoms with Gasteiger partial charge in [0.25, 0.3) is 5.91 Å². The van der Waals surface area contributed by atoms with Crippen LogP contribution in [0, 0.1) is 5.82 Å². The molecule has 132 valence electrons. The van der Waals surface area contributed by atoms with Crippen molar-refractivity contribution < 1.29 is 18.7 Å². The van der Waals surface area contributed by atoms with Crippen molar-refractivity contribution >= 4 is 11.7 Å². The number of hydrogen-bond acceptors (Lipinski definition) is 3. The summed E-state index contributed by atoms with van der Waals surface area (Å²) in [4.78, 5) is 26.1. The van der Waals surface area contributed by atoms with Gasteiger partial charge in [0.05, 0.1) is 0 Å². The molecule has 26 heavy (non-hydrogen) atoms. The van der Waals surface area contributed by atoms with Gasteiger partial charge in [0, 0.05) is 18.3 Å². The predicted molar refractivity (Wildman–Crippen MR) is 94.9 cm³/mol. The lowest BCUT2D eigenvalue weighted by molar-refractivity contribution is 0.0946. The van der Waals surface area contributed by atoms with Crippen LogP contribution in [0.4, 0.5) is 4.39 Å². The number of halogens is 1. The zero-order valence-corrected chi connectivity index (χ0v) is 14.1. The largest absolute Gasteiger partial charge is 0.457 e. The fraction of sp³-hybridized carbons (Fsp3) is 0.100. The Labute approximate surface area is 149 Å². The Hall–Kier alpha value is -3.41. The molecule has 2 aromatic carbocycles. The summed E-state index contributed by atoms with van der Waals surface area (Å²) < 4.78 is 18.5. The highest BCUT2D eigenvalue weighted by atomic mass is 19.1. The van der Waals surface area contributed by atoms with Crippen molar-refractivity contribution in [1.29, 1.82) is 0 Å². The number of hydrogen-bond donors (Lipinski definition) is 2. The first-order chi connectivity index (χ1) is 12.5. The number of nitrogens with one attached hydrogen (secondary N) is 2. The molecule has 0 saturated heterocycles. The van der Waals surface area contributed by atoms with Gasteiger partial charge in [-0.05, 0) is 55.0 Å². The molecule has 1 amide bonds. The molecular weight excluding hydrogens is 335 g/mol. The summed E-state index contributed by atoms with van der Waals surface area (Å²) >= 11 is 0. The van der Waals surface area contributed by atoms with Gasteiger partial charge in [-0.2, -0.15) is 0 Å². The summed E-state index contributed by atoms with van der Waals surface area (Å²) in [5.74, 6) is 0.449. The molecule has 2 N–H and O–H groups in total. The van der Waals surface area contributed by atoms with Crippen molar-refractivity contribution in [2.24, 2.45) is 0 Å². The first-order valence-corrected chi connectivity index (χ1v) is 8.01. The molecule has 3 aromatic rings. The summed E-state index contributed by atoms with van der Waals surface area (Å²) in [5, 5.41) is 2.78. The number of aromatic nitrogens is 1. The standard InChI is InChI=1S/C20H17FN2O3/c1-13(24)15-10-19(22-12-15)20(25)23-11-14-2-6-17(7-3-14)26-18-8-4-16(21)5-9-18/h2-10,12,22H,11H2,1H3,(H,23,25). The fourth-order valence-electron chi connectivity index (χ4n) is 2.32. The first kappa shape index (κ1) is 17.4. The van der Waals surface area contributed by atoms with E-state index in [1.54, 1.807) is 24.3 Å². The molecule has 0 bridgehead atoms. The smallest absolute Gasteiger partial charge is 0.267 e. The van der Waals surface area contributed by atoms with Gasteiger partial charge < -0.3 is 15.0 Å². The summed E-state index contributed by atoms with van der Waals surface area (Å²) in [6, 6.07) is 14.5. The van der Waals surface area contributed by atoms with Crippen LogP contribution in [0.2, 0.25) is 0 Å². The minimum atomic E-state index is -0.319. The molecule has 1 aromatic heterocycles. The van der Waals surface area contributed by atoms with Crippen LogP contribution in [0.1, 0.15) is 33.3 Å². The fourth-order valence-corrected chi connectivity index (χ4v) is 2.32. The van der Waals surface area contributed by atoms with E-state index in [2.05, 4.69) is 10.3 Å². The number of carbonyl (C=O) groups excluding carboxylic acids is 2. The van der Waals surface area contributed by atoms with Gasteiger partial charge in [0.15, 0.2) is 5.78 Å². The molecule has 6 heteroatoms. The van der Waals surface area contributed by atoms with Crippen molar-refractivity contribution in [2.45, 2.75) is 13.5 Å². The summed E-state index contributed by atoms with van der Waals surface area (Å²) in [6.07, 6.45) is 1.51. The van der Waals surface area contributed by atoms with Gasteiger partial charge in [0.2, 0.25) is 0 Å². The number of carbonyl (C=O) groups is 2. The lowest BCUT2D eigenvalue weighted by atomic mass is 10.2. The van der Waals surface area contributed by atoms with Crippen LogP contribution in [-0.4, -0.2) is 16.7 Å². The Morgan fingerprint density at radius 3 is 2.23 bits per heavy atom. The van der Waals surface area contributed by atoms with Gasteiger partial charge in [-0.15, -0.1) is 0 Å². The number of H-pyrrole nitrogens is 1. The molecule has 0 saturated carbocycles. The van der Waals surface area contributed by atoms with E-state index in [1.165, 1.54) is 31.3 Å². The van der Waals surface area contributed by atoms with Crippen LogP contribution in [0.5, 0.6) is 11.5 Å². The van der Waals surface area contributed by atoms with Gasteiger partial charge in [-0.3, -0.25) is 9.59 Å². The highest BCUT2D eigenvalue weighted by Crippen LogP contribution is 2.21. The van der Waals surface area contributed by atoms with Gasteiger partial charge >= 0.3 is 0 Å². The Morgan fingerprint density at radius 2 is 1.65 bits per heavy atom. The van der Waals surface area contributed by atoms with Crippen molar-refractivity contribution in [3.8, 4) is 11.5 Å². The SMILES string of the molecule is CC(=O)c1c[nH]c(C(=O)NCc2ccc(Oc3ccc(F)cc3)cc2)c1. The lowest BCUT2D eigenvalue weighted by Crippen LogP contribution is -2.23. The van der Waals surface area contributed by atoms with Crippen LogP contribution in [0.3, 0.4) is 0 Å². The summed E-state index contributed by atoms with van der Waals surface area (Å²) in [5.41, 5.74) is 1.70. The molecule has 5 nitrogen and oxygen atoms in total. The van der Waals surface area contributed by atoms with E-state index >= 15 is 0 Å². The molecule has 1 heterocycles. The quantitative estimate of drug-likeness (QED) is 0.657. The van der Waals surface area contributed by atoms with E-state index in [9.17, 15) is 14.0 Å². The van der Waals surface area contributed by atoms with E-state index in [0.29, 0.717) is 29.3 Å². The van der Waals surface area contributed by atoms with Crippen LogP contribution in [0.15, 0.2) is 60.8 Å². The second kappa shape index (κ2) is 7.65. The molecule has 0 spiro atoms. The Balaban J connectivity index is 1.56. The third-order valence-electron chi connectivity index (χ3n) is 3.76. The van der Waals surface area contributed by atoms with E-state index in [-0.39, 0.29) is 17.5 Å². The maximum Gasteiger partial charge on any atom is 0.267 e. The van der Waals surface area contributed by atoms with Crippen molar-refractivity contribution in [2.75, 3.05) is 0 Å². The van der Waals surface area contributed by atoms with Crippen molar-refractivity contribution in [1.82, 2.24) is 10.3 Å². The van der Waals surface area contributed by atoms with E-state index in [1.807, 2.05) is 12.1 Å². The molecule has 0 atom stereocenters. The minimum Gasteiger partial charge on any atom is -0.457 e. The molecule has 0 aliphatic rings. The molecule has 0 radical (unpaired) electrons. The van der Waals surface area contributed by atoms with Crippen LogP contribution >= 0.6 is 0 Å². The summed E-state index contributed by atoms with van der Waals surface area (Å²) in [7, 11) is 0. The first-order valence-electron chi connectivity index (χ1n) is 8.01. The van der Waals surface area contributed by atoms with Crippen LogP contribution in [0.25, 0.3) is 0 Å². The van der Waals surface area contributed by atoms with E-state index < -0.39 is 0 Å². The number of benzene rings is 2. The highest BCUT2D eigenvalue weighted by molar-refractivity contribution is 5.99. The number of Topliss-reactive ketones (excluding diaryl/α,β-unsaturated/α-hetero) is 1. The average molecular weight is 352 g/mol. The molecule has 0 aliphatic heterocycles. The van der Waals surface area contributed by atoms with E-state index in [0.717, 1.165) is 5.56 Å². The lowest BCUT2D eigenvalue weighted by Gasteiger charge is -2.07. The maximum absolute atomic E-state index is 12.9. The van der Waals surface area contributed by atoms with Crippen molar-refractivity contribution in [3.05, 3.63) is 83.4 Å². The van der Waals surface area contributed by atoms with Crippen molar-refractivity contribution in [3.63, 3.8) is 0 Å². The Bertz CT molecular complexity index is 915. The number of ether oxygens (including phenoxy) is 1. The molecular formula is C20H17FN2O3. The average Bonchev–Trinajstić information content (AvgIpc) is 3.13. The summed E-state index contributed by atoms with van der Waals surface area (Å²) in [6.45, 7) is 1.78. The highest BCUT2D eigenvalue weighted by Gasteiger charge is 2.10. The normalized spacial score (nSPS) is 10.4. The number of rotatable bonds is 6. The molecule has 0 aliphatic carbocycles. The Morgan fingerprint density at radius 1 is 1.04 bits per heavy atom. The van der Waals surface area contributed by atoms with Crippen LogP contribution in [-0.2, 0) is 6.54 Å². The zero-order valence-electron chi connectivity index (χ0n) is 14.1. The number of aromatic amines is 1. The predicted octanol–water partition coefficient (Wildman–Crippen LogP) is 4.08. The minimum absolute atomic E-state index is 0.1000. The third-order valence-corrected chi connectivity index (χ3v) is 3.76. The zero-order chi connectivity index (χ0) is 18.5. The molecule has 0 fully saturated rings. The number of ketones is 1. The maximum atomic E-state index is 12.9. The third kappa shape index (κ3) is 4.36. The van der Waals surface area contributed by atoms with Gasteiger partial charge in [-0.25, -0.2) is 4.39 Å². The monoisotopic (exact) mass is 352 g/mol. The Kier molecular flexibility index (Phi) is 5.12. The molecule has 3 rings (SSSR count). The van der Waals surface area contributed by atoms with Gasteiger partial charge in [-0.1, -0.05) is 12.1 Å². The number of amides is 1. The molecule has 0 unspecified atom stereocenters. The van der Waals surface area contributed by atoms with E-state index in [4.69, 9.17) is 4.74 Å².